The summed E-state index contributed by atoms with van der Waals surface area (Å²) in [6.45, 7) is 1.85. The van der Waals surface area contributed by atoms with Crippen LogP contribution in [0.2, 0.25) is 5.02 Å². The monoisotopic (exact) mass is 401 g/mol. The van der Waals surface area contributed by atoms with E-state index in [0.29, 0.717) is 10.8 Å². The fourth-order valence-electron chi connectivity index (χ4n) is 2.91. The highest BCUT2D eigenvalue weighted by molar-refractivity contribution is 6.30. The average Bonchev–Trinajstić information content (AvgIpc) is 3.10. The summed E-state index contributed by atoms with van der Waals surface area (Å²) >= 11 is 5.73. The number of rotatable bonds is 6. The number of esters is 1. The van der Waals surface area contributed by atoms with E-state index in [1.165, 1.54) is 11.8 Å². The summed E-state index contributed by atoms with van der Waals surface area (Å²) in [5.41, 5.74) is 1.93. The van der Waals surface area contributed by atoms with Crippen molar-refractivity contribution in [1.29, 1.82) is 0 Å². The molecule has 2 amide bonds. The number of nitrogens with zero attached hydrogens (tertiary/aromatic N) is 2. The topological polar surface area (TPSA) is 88.6 Å². The summed E-state index contributed by atoms with van der Waals surface area (Å²) in [5, 5.41) is 2.95. The van der Waals surface area contributed by atoms with E-state index in [9.17, 15) is 14.4 Å². The third kappa shape index (κ3) is 4.86. The first-order valence-corrected chi connectivity index (χ1v) is 9.31. The van der Waals surface area contributed by atoms with Crippen molar-refractivity contribution < 1.29 is 19.1 Å². The minimum absolute atomic E-state index is 0.0642. The number of carbonyl (C=O) groups excluding carboxylic acids is 3. The van der Waals surface area contributed by atoms with Crippen molar-refractivity contribution in [3.8, 4) is 0 Å². The summed E-state index contributed by atoms with van der Waals surface area (Å²) in [6.07, 6.45) is 2.38. The molecule has 2 aromatic rings. The van der Waals surface area contributed by atoms with Crippen LogP contribution in [-0.4, -0.2) is 35.9 Å². The van der Waals surface area contributed by atoms with Gasteiger partial charge in [-0.3, -0.25) is 14.4 Å². The van der Waals surface area contributed by atoms with Crippen molar-refractivity contribution >= 4 is 40.9 Å². The van der Waals surface area contributed by atoms with Crippen LogP contribution in [0, 0.1) is 5.92 Å². The molecule has 1 N–H and O–H groups in total. The van der Waals surface area contributed by atoms with Gasteiger partial charge in [-0.05, 0) is 36.2 Å². The fraction of sp³-hybridized carbons (Fsp3) is 0.300. The van der Waals surface area contributed by atoms with Crippen LogP contribution in [-0.2, 0) is 25.5 Å². The number of hydrogen-bond donors (Lipinski definition) is 1. The van der Waals surface area contributed by atoms with Gasteiger partial charge in [0.25, 0.3) is 5.91 Å². The van der Waals surface area contributed by atoms with E-state index >= 15 is 0 Å². The number of amides is 2. The van der Waals surface area contributed by atoms with Crippen LogP contribution in [0.1, 0.15) is 18.9 Å². The summed E-state index contributed by atoms with van der Waals surface area (Å²) in [4.78, 5) is 41.9. The third-order valence-corrected chi connectivity index (χ3v) is 4.68. The van der Waals surface area contributed by atoms with Gasteiger partial charge in [0, 0.05) is 24.8 Å². The van der Waals surface area contributed by atoms with Crippen molar-refractivity contribution in [3.63, 3.8) is 0 Å². The van der Waals surface area contributed by atoms with Gasteiger partial charge < -0.3 is 15.0 Å². The maximum Gasteiger partial charge on any atom is 0.311 e. The number of halogens is 1. The molecule has 1 aliphatic heterocycles. The number of hydrogen-bond acceptors (Lipinski definition) is 5. The zero-order chi connectivity index (χ0) is 20.1. The van der Waals surface area contributed by atoms with Crippen LogP contribution >= 0.6 is 11.6 Å². The van der Waals surface area contributed by atoms with E-state index in [-0.39, 0.29) is 18.9 Å². The van der Waals surface area contributed by atoms with E-state index in [4.69, 9.17) is 16.3 Å². The lowest BCUT2D eigenvalue weighted by Crippen LogP contribution is -2.28. The third-order valence-electron chi connectivity index (χ3n) is 4.46. The molecule has 0 spiro atoms. The van der Waals surface area contributed by atoms with Crippen molar-refractivity contribution in [3.05, 3.63) is 53.2 Å². The van der Waals surface area contributed by atoms with E-state index in [0.717, 1.165) is 12.1 Å². The maximum absolute atomic E-state index is 12.3. The average molecular weight is 402 g/mol. The van der Waals surface area contributed by atoms with Gasteiger partial charge in [0.15, 0.2) is 6.61 Å². The Morgan fingerprint density at radius 1 is 1.25 bits per heavy atom. The number of anilines is 2. The Labute approximate surface area is 167 Å². The Morgan fingerprint density at radius 3 is 2.64 bits per heavy atom. The minimum Gasteiger partial charge on any atom is -0.455 e. The van der Waals surface area contributed by atoms with Gasteiger partial charge in [-0.1, -0.05) is 30.7 Å². The summed E-state index contributed by atoms with van der Waals surface area (Å²) in [5.74, 6) is -1.51. The number of benzene rings is 1. The lowest BCUT2D eigenvalue weighted by atomic mass is 10.1. The molecule has 1 unspecified atom stereocenters. The molecule has 0 radical (unpaired) electrons. The molecule has 8 heteroatoms. The van der Waals surface area contributed by atoms with E-state index in [1.807, 2.05) is 24.3 Å². The largest absolute Gasteiger partial charge is 0.455 e. The number of ether oxygens (including phenoxy) is 1. The van der Waals surface area contributed by atoms with Gasteiger partial charge in [-0.2, -0.15) is 0 Å². The number of aryl methyl sites for hydroxylation is 1. The molecule has 1 saturated heterocycles. The highest BCUT2D eigenvalue weighted by atomic mass is 35.5. The molecular formula is C20H20ClN3O4. The number of aromatic nitrogens is 1. The molecule has 0 aliphatic carbocycles. The Bertz CT molecular complexity index is 868. The zero-order valence-corrected chi connectivity index (χ0v) is 16.1. The van der Waals surface area contributed by atoms with Crippen molar-refractivity contribution in [2.45, 2.75) is 19.8 Å². The van der Waals surface area contributed by atoms with Crippen LogP contribution in [0.3, 0.4) is 0 Å². The van der Waals surface area contributed by atoms with Crippen molar-refractivity contribution in [2.24, 2.45) is 5.92 Å². The molecule has 3 rings (SSSR count). The molecule has 0 bridgehead atoms. The molecule has 146 valence electrons. The predicted molar refractivity (Wildman–Crippen MR) is 105 cm³/mol. The first-order chi connectivity index (χ1) is 13.5. The number of carbonyl (C=O) groups is 3. The van der Waals surface area contributed by atoms with Crippen LogP contribution < -0.4 is 10.2 Å². The van der Waals surface area contributed by atoms with Crippen LogP contribution in [0.4, 0.5) is 11.5 Å². The second-order valence-corrected chi connectivity index (χ2v) is 6.88. The van der Waals surface area contributed by atoms with Crippen LogP contribution in [0.5, 0.6) is 0 Å². The first kappa shape index (κ1) is 19.8. The van der Waals surface area contributed by atoms with Gasteiger partial charge in [0.05, 0.1) is 10.9 Å². The molecule has 1 aromatic heterocycles. The molecule has 1 fully saturated rings. The summed E-state index contributed by atoms with van der Waals surface area (Å²) in [7, 11) is 0. The quantitative estimate of drug-likeness (QED) is 0.752. The van der Waals surface area contributed by atoms with Gasteiger partial charge in [-0.15, -0.1) is 0 Å². The second-order valence-electron chi connectivity index (χ2n) is 6.44. The van der Waals surface area contributed by atoms with Crippen molar-refractivity contribution in [2.75, 3.05) is 23.4 Å². The van der Waals surface area contributed by atoms with E-state index in [1.54, 1.807) is 17.0 Å². The Balaban J connectivity index is 1.51. The Morgan fingerprint density at radius 2 is 2.00 bits per heavy atom. The smallest absolute Gasteiger partial charge is 0.311 e. The first-order valence-electron chi connectivity index (χ1n) is 8.93. The number of nitrogens with one attached hydrogen (secondary N) is 1. The van der Waals surface area contributed by atoms with Gasteiger partial charge in [0.2, 0.25) is 5.91 Å². The molecule has 7 nitrogen and oxygen atoms in total. The normalized spacial score (nSPS) is 16.1. The molecule has 1 atom stereocenters. The standard InChI is InChI=1S/C20H20ClN3O4/c1-2-13-3-6-16(7-4-13)24-11-14(9-19(24)26)20(27)28-12-18(25)23-17-8-5-15(21)10-22-17/h3-8,10,14H,2,9,11-12H2,1H3,(H,22,23,25). The van der Waals surface area contributed by atoms with Gasteiger partial charge in [0.1, 0.15) is 5.82 Å². The highest BCUT2D eigenvalue weighted by Gasteiger charge is 2.36. The lowest BCUT2D eigenvalue weighted by Gasteiger charge is -2.17. The zero-order valence-electron chi connectivity index (χ0n) is 15.4. The molecule has 2 heterocycles. The molecule has 0 saturated carbocycles. The Kier molecular flexibility index (Phi) is 6.26. The maximum atomic E-state index is 12.3. The van der Waals surface area contributed by atoms with E-state index in [2.05, 4.69) is 17.2 Å². The van der Waals surface area contributed by atoms with Gasteiger partial charge >= 0.3 is 5.97 Å². The van der Waals surface area contributed by atoms with Gasteiger partial charge in [-0.25, -0.2) is 4.98 Å². The number of pyridine rings is 1. The van der Waals surface area contributed by atoms with Crippen LogP contribution in [0.15, 0.2) is 42.6 Å². The van der Waals surface area contributed by atoms with Crippen LogP contribution in [0.25, 0.3) is 0 Å². The Hall–Kier alpha value is -2.93. The molecule has 1 aliphatic rings. The molecular weight excluding hydrogens is 382 g/mol. The summed E-state index contributed by atoms with van der Waals surface area (Å²) < 4.78 is 5.07. The molecule has 1 aromatic carbocycles. The second kappa shape index (κ2) is 8.84. The highest BCUT2D eigenvalue weighted by Crippen LogP contribution is 2.26. The SMILES string of the molecule is CCc1ccc(N2CC(C(=O)OCC(=O)Nc3ccc(Cl)cn3)CC2=O)cc1. The summed E-state index contributed by atoms with van der Waals surface area (Å²) in [6, 6.07) is 10.8. The molecule has 28 heavy (non-hydrogen) atoms. The van der Waals surface area contributed by atoms with Crippen molar-refractivity contribution in [1.82, 2.24) is 4.98 Å². The van der Waals surface area contributed by atoms with E-state index < -0.39 is 24.4 Å². The fourth-order valence-corrected chi connectivity index (χ4v) is 3.02. The lowest BCUT2D eigenvalue weighted by molar-refractivity contribution is -0.151. The minimum atomic E-state index is -0.597. The predicted octanol–water partition coefficient (Wildman–Crippen LogP) is 2.83.